The van der Waals surface area contributed by atoms with E-state index in [-0.39, 0.29) is 11.9 Å². The van der Waals surface area contributed by atoms with E-state index in [1.807, 2.05) is 31.2 Å². The number of rotatable bonds is 22. The summed E-state index contributed by atoms with van der Waals surface area (Å²) in [4.78, 5) is 12.1. The smallest absolute Gasteiger partial charge is 0.310 e. The Kier molecular flexibility index (Phi) is 24.0. The van der Waals surface area contributed by atoms with Crippen LogP contribution in [0.3, 0.4) is 0 Å². The van der Waals surface area contributed by atoms with Gasteiger partial charge >= 0.3 is 5.97 Å². The van der Waals surface area contributed by atoms with Gasteiger partial charge in [-0.05, 0) is 19.8 Å². The van der Waals surface area contributed by atoms with Gasteiger partial charge in [-0.15, -0.1) is 0 Å². The second kappa shape index (κ2) is 24.6. The van der Waals surface area contributed by atoms with E-state index >= 15 is 0 Å². The van der Waals surface area contributed by atoms with Crippen LogP contribution in [-0.4, -0.2) is 18.3 Å². The van der Waals surface area contributed by atoms with Crippen molar-refractivity contribution in [2.45, 2.75) is 123 Å². The van der Waals surface area contributed by atoms with Crippen LogP contribution in [0.25, 0.3) is 0 Å². The zero-order valence-electron chi connectivity index (χ0n) is 20.1. The maximum absolute atomic E-state index is 12.1. The van der Waals surface area contributed by atoms with E-state index in [9.17, 15) is 4.79 Å². The minimum Gasteiger partial charge on any atom is -0.465 e. The molecule has 0 aliphatic rings. The summed E-state index contributed by atoms with van der Waals surface area (Å²) in [7, 11) is 0. The van der Waals surface area contributed by atoms with Crippen molar-refractivity contribution >= 4 is 18.6 Å². The van der Waals surface area contributed by atoms with E-state index in [0.29, 0.717) is 18.8 Å². The largest absolute Gasteiger partial charge is 0.465 e. The molecule has 0 radical (unpaired) electrons. The summed E-state index contributed by atoms with van der Waals surface area (Å²) in [5.41, 5.74) is 0. The molecule has 30 heavy (non-hydrogen) atoms. The lowest BCUT2D eigenvalue weighted by Crippen LogP contribution is -2.19. The molecule has 1 atom stereocenters. The van der Waals surface area contributed by atoms with Crippen molar-refractivity contribution in [1.82, 2.24) is 0 Å². The molecular weight excluding hydrogens is 388 g/mol. The monoisotopic (exact) mass is 438 g/mol. The van der Waals surface area contributed by atoms with Gasteiger partial charge in [0.2, 0.25) is 0 Å². The highest BCUT2D eigenvalue weighted by Gasteiger charge is 2.16. The number of thiol groups is 1. The van der Waals surface area contributed by atoms with Gasteiger partial charge < -0.3 is 4.74 Å². The fourth-order valence-corrected chi connectivity index (χ4v) is 3.92. The first kappa shape index (κ1) is 29.3. The summed E-state index contributed by atoms with van der Waals surface area (Å²) >= 11 is 4.29. The Morgan fingerprint density at radius 3 is 1.67 bits per heavy atom. The van der Waals surface area contributed by atoms with Crippen molar-refractivity contribution in [2.75, 3.05) is 12.4 Å². The molecule has 0 aliphatic heterocycles. The lowest BCUT2D eigenvalue weighted by molar-refractivity contribution is -0.147. The molecule has 0 rings (SSSR count). The molecule has 176 valence electrons. The van der Waals surface area contributed by atoms with Gasteiger partial charge in [-0.2, -0.15) is 12.6 Å². The van der Waals surface area contributed by atoms with Crippen molar-refractivity contribution < 1.29 is 9.53 Å². The van der Waals surface area contributed by atoms with Crippen LogP contribution in [0.1, 0.15) is 123 Å². The van der Waals surface area contributed by atoms with Gasteiger partial charge in [-0.3, -0.25) is 4.79 Å². The van der Waals surface area contributed by atoms with Crippen molar-refractivity contribution in [1.29, 1.82) is 0 Å². The number of hydrogen-bond donors (Lipinski definition) is 1. The lowest BCUT2D eigenvalue weighted by atomic mass is 10.0. The van der Waals surface area contributed by atoms with Crippen molar-refractivity contribution in [3.05, 3.63) is 24.3 Å². The Morgan fingerprint density at radius 2 is 1.23 bits per heavy atom. The first-order chi connectivity index (χ1) is 14.8. The van der Waals surface area contributed by atoms with Gasteiger partial charge in [-0.25, -0.2) is 0 Å². The van der Waals surface area contributed by atoms with Crippen LogP contribution in [0, 0.1) is 5.92 Å². The van der Waals surface area contributed by atoms with E-state index in [1.165, 1.54) is 89.9 Å². The molecular formula is C27H50O2S. The van der Waals surface area contributed by atoms with E-state index < -0.39 is 0 Å². The predicted octanol–water partition coefficient (Wildman–Crippen LogP) is 8.86. The predicted molar refractivity (Wildman–Crippen MR) is 136 cm³/mol. The Bertz CT molecular complexity index is 417. The molecule has 0 saturated heterocycles. The van der Waals surface area contributed by atoms with E-state index in [2.05, 4.69) is 19.6 Å². The first-order valence-electron chi connectivity index (χ1n) is 12.8. The summed E-state index contributed by atoms with van der Waals surface area (Å²) in [6, 6.07) is 0. The van der Waals surface area contributed by atoms with Crippen LogP contribution in [0.2, 0.25) is 0 Å². The fraction of sp³-hybridized carbons (Fsp3) is 0.815. The molecule has 0 bridgehead atoms. The van der Waals surface area contributed by atoms with Crippen molar-refractivity contribution in [3.8, 4) is 0 Å². The Labute approximate surface area is 193 Å². The topological polar surface area (TPSA) is 26.3 Å². The van der Waals surface area contributed by atoms with Crippen LogP contribution in [0.5, 0.6) is 0 Å². The maximum Gasteiger partial charge on any atom is 0.310 e. The Morgan fingerprint density at radius 1 is 0.767 bits per heavy atom. The normalized spacial score (nSPS) is 12.8. The fourth-order valence-electron chi connectivity index (χ4n) is 3.62. The quantitative estimate of drug-likeness (QED) is 0.0790. The summed E-state index contributed by atoms with van der Waals surface area (Å²) < 4.78 is 5.43. The summed E-state index contributed by atoms with van der Waals surface area (Å²) in [6.45, 7) is 4.82. The number of ether oxygens (including phenoxy) is 1. The van der Waals surface area contributed by atoms with Gasteiger partial charge in [0.05, 0.1) is 12.5 Å². The average molecular weight is 439 g/mol. The molecule has 0 fully saturated rings. The Hall–Kier alpha value is -0.700. The third-order valence-electron chi connectivity index (χ3n) is 5.66. The first-order valence-corrected chi connectivity index (χ1v) is 13.4. The summed E-state index contributed by atoms with van der Waals surface area (Å²) in [5.74, 6) is 0.310. The van der Waals surface area contributed by atoms with E-state index in [1.54, 1.807) is 0 Å². The molecule has 0 unspecified atom stereocenters. The molecule has 2 nitrogen and oxygen atoms in total. The highest BCUT2D eigenvalue weighted by atomic mass is 32.1. The lowest BCUT2D eigenvalue weighted by Gasteiger charge is -2.11. The number of hydrogen-bond acceptors (Lipinski definition) is 3. The van der Waals surface area contributed by atoms with Gasteiger partial charge in [0, 0.05) is 5.75 Å². The minimum absolute atomic E-state index is 0.101. The van der Waals surface area contributed by atoms with Crippen LogP contribution in [0.15, 0.2) is 24.3 Å². The third-order valence-corrected chi connectivity index (χ3v) is 6.10. The molecule has 0 saturated carbocycles. The summed E-state index contributed by atoms with van der Waals surface area (Å²) in [6.07, 6.45) is 30.3. The molecule has 0 aromatic carbocycles. The molecule has 0 N–H and O–H groups in total. The number of unbranched alkanes of at least 4 members (excludes halogenated alkanes) is 15. The van der Waals surface area contributed by atoms with Crippen LogP contribution < -0.4 is 0 Å². The second-order valence-corrected chi connectivity index (χ2v) is 8.91. The molecule has 0 spiro atoms. The SMILES string of the molecule is C/C=C/C=C/C[C@H](CS)C(=O)OCCCCCCCCCCCCCCCCCC. The molecule has 0 heterocycles. The average Bonchev–Trinajstić information content (AvgIpc) is 2.75. The van der Waals surface area contributed by atoms with Crippen molar-refractivity contribution in [2.24, 2.45) is 5.92 Å². The van der Waals surface area contributed by atoms with Crippen molar-refractivity contribution in [3.63, 3.8) is 0 Å². The van der Waals surface area contributed by atoms with Crippen LogP contribution in [-0.2, 0) is 9.53 Å². The molecule has 0 aliphatic carbocycles. The molecule has 0 amide bonds. The maximum atomic E-state index is 12.1. The molecule has 0 aromatic rings. The molecule has 0 aromatic heterocycles. The van der Waals surface area contributed by atoms with Crippen LogP contribution in [0.4, 0.5) is 0 Å². The highest BCUT2D eigenvalue weighted by Crippen LogP contribution is 2.14. The third kappa shape index (κ3) is 20.6. The number of carbonyl (C=O) groups is 1. The second-order valence-electron chi connectivity index (χ2n) is 8.54. The van der Waals surface area contributed by atoms with Gasteiger partial charge in [0.25, 0.3) is 0 Å². The standard InChI is InChI=1S/C27H50O2S/c1-3-5-7-9-10-11-12-13-14-15-16-17-18-19-20-22-24-29-27(28)26(25-30)23-21-8-6-4-2/h4,6,8,21,26,30H,3,5,7,9-20,22-25H2,1-2H3/b6-4+,21-8+/t26-/m1/s1. The number of allylic oxidation sites excluding steroid dienone is 4. The Balaban J connectivity index is 3.36. The van der Waals surface area contributed by atoms with Crippen LogP contribution >= 0.6 is 12.6 Å². The van der Waals surface area contributed by atoms with Gasteiger partial charge in [0.1, 0.15) is 0 Å². The number of esters is 1. The summed E-state index contributed by atoms with van der Waals surface area (Å²) in [5, 5.41) is 0. The highest BCUT2D eigenvalue weighted by molar-refractivity contribution is 7.80. The number of carbonyl (C=O) groups excluding carboxylic acids is 1. The zero-order valence-corrected chi connectivity index (χ0v) is 21.0. The zero-order chi connectivity index (χ0) is 22.1. The van der Waals surface area contributed by atoms with Gasteiger partial charge in [-0.1, -0.05) is 128 Å². The van der Waals surface area contributed by atoms with E-state index in [0.717, 1.165) is 12.8 Å². The minimum atomic E-state index is -0.129. The molecule has 3 heteroatoms. The van der Waals surface area contributed by atoms with E-state index in [4.69, 9.17) is 4.74 Å². The van der Waals surface area contributed by atoms with Gasteiger partial charge in [0.15, 0.2) is 0 Å².